The maximum absolute atomic E-state index is 14.1. The summed E-state index contributed by atoms with van der Waals surface area (Å²) in [4.78, 5) is 82.4. The number of nitrogens with zero attached hydrogens (tertiary/aromatic N) is 5. The van der Waals surface area contributed by atoms with Crippen LogP contribution < -0.4 is 15.5 Å². The first kappa shape index (κ1) is 51.9. The van der Waals surface area contributed by atoms with Gasteiger partial charge in [-0.1, -0.05) is 71.9 Å². The Bertz CT molecular complexity index is 2890. The lowest BCUT2D eigenvalue weighted by molar-refractivity contribution is -0.144. The van der Waals surface area contributed by atoms with E-state index in [-0.39, 0.29) is 82.3 Å². The number of aliphatic hydroxyl groups is 1. The fourth-order valence-corrected chi connectivity index (χ4v) is 11.0. The van der Waals surface area contributed by atoms with Crippen molar-refractivity contribution in [3.8, 4) is 16.5 Å². The molecule has 5 aromatic rings. The van der Waals surface area contributed by atoms with Crippen molar-refractivity contribution in [1.29, 1.82) is 5.26 Å². The minimum absolute atomic E-state index is 0.00472. The van der Waals surface area contributed by atoms with Gasteiger partial charge in [-0.2, -0.15) is 5.26 Å². The Morgan fingerprint density at radius 1 is 0.986 bits per heavy atom. The number of aromatic amines is 1. The Labute approximate surface area is 425 Å². The SMILES string of the molecule is CCc1cc2c(cc1N1CCN(C(=O)CCOCCOCCC(=O)NC(C(=O)N3C[C@H](O)C[C@H]3C(=O)NCc3ccc(-c4scnc4C)cc3)C(C)(C)C)CC1)C(C)(C)c1[nH]c3cc(C#N)ccc3c1C2=O. The maximum atomic E-state index is 14.1. The van der Waals surface area contributed by atoms with E-state index >= 15 is 0 Å². The van der Waals surface area contributed by atoms with Crippen molar-refractivity contribution in [3.63, 3.8) is 0 Å². The summed E-state index contributed by atoms with van der Waals surface area (Å²) in [5.74, 6) is -1.20. The molecule has 2 saturated heterocycles. The summed E-state index contributed by atoms with van der Waals surface area (Å²) < 4.78 is 11.4. The number of fused-ring (bicyclic) bond motifs is 4. The Balaban J connectivity index is 0.746. The number of nitriles is 1. The van der Waals surface area contributed by atoms with Gasteiger partial charge in [-0.25, -0.2) is 4.98 Å². The third-order valence-electron chi connectivity index (χ3n) is 14.3. The Morgan fingerprint density at radius 2 is 1.69 bits per heavy atom. The standard InChI is InChI=1S/C55H66N8O8S/c1-8-36-26-40-41(55(6,7)50-47(48(40)67)39-14-11-35(29-56)25-42(39)59-50)28-43(36)61-17-19-62(20-18-61)46(66)16-22-71-24-23-70-21-15-45(65)60-51(54(3,4)5)53(69)63-31-38(64)27-44(63)52(68)57-30-34-9-12-37(13-10-34)49-33(2)58-32-72-49/h9-14,25-26,28,32,38,44,51,59,64H,8,15-24,27,30-31H2,1-7H3,(H,57,68)(H,60,65)/t38-,44+,51?/m1/s1. The molecule has 72 heavy (non-hydrogen) atoms. The summed E-state index contributed by atoms with van der Waals surface area (Å²) in [7, 11) is 0. The van der Waals surface area contributed by atoms with E-state index in [0.29, 0.717) is 42.9 Å². The lowest BCUT2D eigenvalue weighted by Gasteiger charge is -2.39. The summed E-state index contributed by atoms with van der Waals surface area (Å²) >= 11 is 1.57. The summed E-state index contributed by atoms with van der Waals surface area (Å²) in [6.07, 6.45) is 0.182. The molecule has 1 aliphatic carbocycles. The number of anilines is 1. The van der Waals surface area contributed by atoms with Crippen LogP contribution in [0.5, 0.6) is 0 Å². The molecule has 2 aliphatic heterocycles. The van der Waals surface area contributed by atoms with Crippen LogP contribution in [0.25, 0.3) is 21.3 Å². The van der Waals surface area contributed by atoms with Crippen LogP contribution in [0.2, 0.25) is 0 Å². The van der Waals surface area contributed by atoms with E-state index in [9.17, 15) is 34.3 Å². The van der Waals surface area contributed by atoms with Gasteiger partial charge in [0.15, 0.2) is 5.78 Å². The predicted octanol–water partition coefficient (Wildman–Crippen LogP) is 6.18. The summed E-state index contributed by atoms with van der Waals surface area (Å²) in [5.41, 5.74) is 10.2. The van der Waals surface area contributed by atoms with Gasteiger partial charge in [0, 0.05) is 85.4 Å². The number of carbonyl (C=O) groups is 5. The fourth-order valence-electron chi connectivity index (χ4n) is 10.2. The fraction of sp³-hybridized carbons (Fsp3) is 0.473. The number of aryl methyl sites for hydroxylation is 2. The molecule has 0 bridgehead atoms. The lowest BCUT2D eigenvalue weighted by Crippen LogP contribution is -2.57. The third kappa shape index (κ3) is 11.0. The van der Waals surface area contributed by atoms with Gasteiger partial charge in [0.25, 0.3) is 0 Å². The average Bonchev–Trinajstić information content (AvgIpc) is 4.10. The number of β-amino-alcohol motifs (C(OH)–C–C–N with tert-alkyl or cyclic N) is 1. The van der Waals surface area contributed by atoms with Crippen LogP contribution in [0, 0.1) is 23.7 Å². The second-order valence-electron chi connectivity index (χ2n) is 20.6. The molecule has 2 fully saturated rings. The highest BCUT2D eigenvalue weighted by atomic mass is 32.1. The van der Waals surface area contributed by atoms with E-state index in [2.05, 4.69) is 64.5 Å². The van der Waals surface area contributed by atoms with Gasteiger partial charge >= 0.3 is 0 Å². The van der Waals surface area contributed by atoms with Crippen LogP contribution in [-0.4, -0.2) is 132 Å². The zero-order valence-corrected chi connectivity index (χ0v) is 43.2. The van der Waals surface area contributed by atoms with E-state index in [0.717, 1.165) is 61.5 Å². The lowest BCUT2D eigenvalue weighted by atomic mass is 9.70. The van der Waals surface area contributed by atoms with Crippen molar-refractivity contribution in [2.75, 3.05) is 64.1 Å². The molecule has 0 radical (unpaired) electrons. The number of rotatable bonds is 17. The number of thiazole rings is 1. The molecule has 2 aromatic heterocycles. The predicted molar refractivity (Wildman–Crippen MR) is 276 cm³/mol. The van der Waals surface area contributed by atoms with Gasteiger partial charge in [-0.15, -0.1) is 11.3 Å². The monoisotopic (exact) mass is 998 g/mol. The summed E-state index contributed by atoms with van der Waals surface area (Å²) in [6, 6.07) is 17.8. The molecule has 3 aliphatic rings. The van der Waals surface area contributed by atoms with Crippen LogP contribution in [-0.2, 0) is 47.0 Å². The van der Waals surface area contributed by atoms with Crippen LogP contribution >= 0.6 is 11.3 Å². The summed E-state index contributed by atoms with van der Waals surface area (Å²) in [6.45, 7) is 17.3. The molecule has 380 valence electrons. The molecule has 0 spiro atoms. The van der Waals surface area contributed by atoms with Crippen molar-refractivity contribution in [1.82, 2.24) is 30.4 Å². The molecule has 17 heteroatoms. The van der Waals surface area contributed by atoms with Crippen LogP contribution in [0.15, 0.2) is 60.1 Å². The number of aliphatic hydroxyl groups excluding tert-OH is 1. The largest absolute Gasteiger partial charge is 0.391 e. The number of amides is 4. The van der Waals surface area contributed by atoms with Crippen molar-refractivity contribution in [2.45, 2.75) is 104 Å². The van der Waals surface area contributed by atoms with Crippen molar-refractivity contribution < 1.29 is 38.6 Å². The minimum Gasteiger partial charge on any atom is -0.391 e. The second-order valence-corrected chi connectivity index (χ2v) is 21.5. The van der Waals surface area contributed by atoms with Crippen molar-refractivity contribution in [3.05, 3.63) is 105 Å². The number of H-pyrrole nitrogens is 1. The highest BCUT2D eigenvalue weighted by Crippen LogP contribution is 2.46. The van der Waals surface area contributed by atoms with Gasteiger partial charge in [0.2, 0.25) is 23.6 Å². The number of likely N-dealkylation sites (tertiary alicyclic amines) is 1. The van der Waals surface area contributed by atoms with Gasteiger partial charge in [0.1, 0.15) is 12.1 Å². The highest BCUT2D eigenvalue weighted by molar-refractivity contribution is 7.13. The molecule has 3 aromatic carbocycles. The number of ether oxygens (including phenoxy) is 2. The van der Waals surface area contributed by atoms with Crippen molar-refractivity contribution >= 4 is 57.3 Å². The molecular formula is C55H66N8O8S. The second kappa shape index (κ2) is 21.7. The molecule has 16 nitrogen and oxygen atoms in total. The van der Waals surface area contributed by atoms with E-state index < -0.39 is 34.9 Å². The van der Waals surface area contributed by atoms with E-state index in [1.165, 1.54) is 4.90 Å². The van der Waals surface area contributed by atoms with Crippen LogP contribution in [0.3, 0.4) is 0 Å². The molecule has 1 unspecified atom stereocenters. The Hall–Kier alpha value is -6.45. The average molecular weight is 999 g/mol. The van der Waals surface area contributed by atoms with E-state index in [1.54, 1.807) is 23.5 Å². The van der Waals surface area contributed by atoms with Gasteiger partial charge < -0.3 is 44.9 Å². The molecule has 4 amide bonds. The topological polar surface area (TPSA) is 210 Å². The quantitative estimate of drug-likeness (QED) is 0.0774. The number of carbonyl (C=O) groups excluding carboxylic acids is 5. The molecular weight excluding hydrogens is 933 g/mol. The number of nitrogens with one attached hydrogen (secondary N) is 3. The first-order chi connectivity index (χ1) is 34.4. The number of benzene rings is 3. The zero-order chi connectivity index (χ0) is 51.5. The first-order valence-corrected chi connectivity index (χ1v) is 25.8. The molecule has 4 heterocycles. The summed E-state index contributed by atoms with van der Waals surface area (Å²) in [5, 5.41) is 26.7. The van der Waals surface area contributed by atoms with Gasteiger partial charge in [0.05, 0.1) is 72.2 Å². The molecule has 0 saturated carbocycles. The van der Waals surface area contributed by atoms with Crippen LogP contribution in [0.1, 0.15) is 110 Å². The normalized spacial score (nSPS) is 17.9. The van der Waals surface area contributed by atoms with Gasteiger partial charge in [-0.05, 0) is 65.3 Å². The molecule has 4 N–H and O–H groups in total. The highest BCUT2D eigenvalue weighted by Gasteiger charge is 2.45. The number of ketones is 1. The Morgan fingerprint density at radius 3 is 2.35 bits per heavy atom. The van der Waals surface area contributed by atoms with E-state index in [4.69, 9.17) is 9.47 Å². The third-order valence-corrected chi connectivity index (χ3v) is 15.3. The first-order valence-electron chi connectivity index (χ1n) is 24.9. The molecule has 8 rings (SSSR count). The van der Waals surface area contributed by atoms with Crippen molar-refractivity contribution in [2.24, 2.45) is 5.41 Å². The van der Waals surface area contributed by atoms with Gasteiger partial charge in [-0.3, -0.25) is 24.0 Å². The number of piperazine rings is 1. The number of hydrogen-bond acceptors (Lipinski definition) is 12. The minimum atomic E-state index is -0.953. The Kier molecular flexibility index (Phi) is 15.7. The number of aromatic nitrogens is 2. The number of hydrogen-bond donors (Lipinski definition) is 4. The smallest absolute Gasteiger partial charge is 0.246 e. The van der Waals surface area contributed by atoms with E-state index in [1.807, 2.05) is 68.4 Å². The molecule has 3 atom stereocenters. The van der Waals surface area contributed by atoms with Crippen LogP contribution in [0.4, 0.5) is 5.69 Å². The zero-order valence-electron chi connectivity index (χ0n) is 42.4. The maximum Gasteiger partial charge on any atom is 0.246 e.